The van der Waals surface area contributed by atoms with E-state index in [4.69, 9.17) is 15.6 Å². The van der Waals surface area contributed by atoms with Gasteiger partial charge in [0.1, 0.15) is 5.82 Å². The second-order valence-electron chi connectivity index (χ2n) is 3.76. The summed E-state index contributed by atoms with van der Waals surface area (Å²) in [5, 5.41) is 8.90. The highest BCUT2D eigenvalue weighted by Gasteiger charge is 2.18. The molecule has 0 spiro atoms. The third-order valence-electron chi connectivity index (χ3n) is 1.99. The maximum atomic E-state index is 13.5. The Labute approximate surface area is 92.8 Å². The topological polar surface area (TPSA) is 55.5 Å². The lowest BCUT2D eigenvalue weighted by molar-refractivity contribution is 0.219. The molecule has 0 amide bonds. The maximum absolute atomic E-state index is 13.5. The van der Waals surface area contributed by atoms with Crippen LogP contribution >= 0.6 is 0 Å². The van der Waals surface area contributed by atoms with Crippen LogP contribution in [0.4, 0.5) is 8.78 Å². The van der Waals surface area contributed by atoms with Gasteiger partial charge in [-0.05, 0) is 19.9 Å². The van der Waals surface area contributed by atoms with Crippen LogP contribution in [-0.4, -0.2) is 17.8 Å². The molecule has 1 aromatic rings. The summed E-state index contributed by atoms with van der Waals surface area (Å²) < 4.78 is 31.7. The second-order valence-corrected chi connectivity index (χ2v) is 3.76. The zero-order chi connectivity index (χ0) is 12.3. The molecule has 1 rings (SSSR count). The first-order valence-electron chi connectivity index (χ1n) is 4.97. The Hall–Kier alpha value is -1.20. The fourth-order valence-corrected chi connectivity index (χ4v) is 1.31. The summed E-state index contributed by atoms with van der Waals surface area (Å²) in [6, 6.07) is 0.937. The molecule has 1 aromatic carbocycles. The molecule has 90 valence electrons. The van der Waals surface area contributed by atoms with Gasteiger partial charge >= 0.3 is 0 Å². The number of halogens is 2. The number of hydrogen-bond acceptors (Lipinski definition) is 3. The van der Waals surface area contributed by atoms with Crippen molar-refractivity contribution in [3.05, 3.63) is 29.3 Å². The Balaban J connectivity index is 3.20. The zero-order valence-corrected chi connectivity index (χ0v) is 9.21. The lowest BCUT2D eigenvalue weighted by Crippen LogP contribution is -2.18. The molecular formula is C11H15F2NO2. The number of nitrogens with two attached hydrogens (primary N) is 1. The molecule has 5 heteroatoms. The van der Waals surface area contributed by atoms with E-state index in [0.29, 0.717) is 0 Å². The molecule has 1 atom stereocenters. The number of hydrogen-bond donors (Lipinski definition) is 2. The normalized spacial score (nSPS) is 12.9. The van der Waals surface area contributed by atoms with E-state index < -0.39 is 24.3 Å². The van der Waals surface area contributed by atoms with Crippen molar-refractivity contribution >= 4 is 0 Å². The highest BCUT2D eigenvalue weighted by atomic mass is 19.1. The van der Waals surface area contributed by atoms with E-state index in [9.17, 15) is 8.78 Å². The molecule has 0 saturated carbocycles. The molecule has 0 aliphatic carbocycles. The van der Waals surface area contributed by atoms with Gasteiger partial charge < -0.3 is 15.6 Å². The van der Waals surface area contributed by atoms with Crippen molar-refractivity contribution in [3.8, 4) is 5.75 Å². The fourth-order valence-electron chi connectivity index (χ4n) is 1.31. The summed E-state index contributed by atoms with van der Waals surface area (Å²) >= 11 is 0. The van der Waals surface area contributed by atoms with Gasteiger partial charge in [0.15, 0.2) is 11.6 Å². The van der Waals surface area contributed by atoms with Gasteiger partial charge in [0.25, 0.3) is 0 Å². The molecule has 0 radical (unpaired) electrons. The summed E-state index contributed by atoms with van der Waals surface area (Å²) in [5.41, 5.74) is 5.68. The van der Waals surface area contributed by atoms with Crippen LogP contribution in [0.1, 0.15) is 25.5 Å². The van der Waals surface area contributed by atoms with E-state index in [-0.39, 0.29) is 17.4 Å². The van der Waals surface area contributed by atoms with Crippen molar-refractivity contribution in [2.24, 2.45) is 5.73 Å². The van der Waals surface area contributed by atoms with Gasteiger partial charge in [-0.1, -0.05) is 0 Å². The van der Waals surface area contributed by atoms with Gasteiger partial charge in [0, 0.05) is 11.6 Å². The predicted molar refractivity (Wildman–Crippen MR) is 56.1 cm³/mol. The molecule has 0 aromatic heterocycles. The molecule has 16 heavy (non-hydrogen) atoms. The minimum atomic E-state index is -0.862. The van der Waals surface area contributed by atoms with Crippen molar-refractivity contribution in [2.45, 2.75) is 26.0 Å². The maximum Gasteiger partial charge on any atom is 0.168 e. The van der Waals surface area contributed by atoms with E-state index in [1.165, 1.54) is 0 Å². The Morgan fingerprint density at radius 2 is 2.00 bits per heavy atom. The van der Waals surface area contributed by atoms with Gasteiger partial charge in [0.2, 0.25) is 0 Å². The first kappa shape index (κ1) is 12.9. The van der Waals surface area contributed by atoms with Crippen molar-refractivity contribution in [1.82, 2.24) is 0 Å². The summed E-state index contributed by atoms with van der Waals surface area (Å²) in [6.07, 6.45) is -0.260. The van der Waals surface area contributed by atoms with E-state index in [1.54, 1.807) is 13.8 Å². The third-order valence-corrected chi connectivity index (χ3v) is 1.99. The SMILES string of the molecule is CC(C)Oc1c(F)cc(F)cc1C(N)CO. The zero-order valence-electron chi connectivity index (χ0n) is 9.21. The van der Waals surface area contributed by atoms with E-state index in [2.05, 4.69) is 0 Å². The predicted octanol–water partition coefficient (Wildman–Crippen LogP) is 1.74. The van der Waals surface area contributed by atoms with Crippen LogP contribution in [0.3, 0.4) is 0 Å². The Morgan fingerprint density at radius 1 is 1.38 bits per heavy atom. The number of aliphatic hydroxyl groups is 1. The Kier molecular flexibility index (Phi) is 4.20. The number of benzene rings is 1. The van der Waals surface area contributed by atoms with Gasteiger partial charge in [-0.15, -0.1) is 0 Å². The van der Waals surface area contributed by atoms with Gasteiger partial charge in [-0.2, -0.15) is 0 Å². The van der Waals surface area contributed by atoms with Crippen LogP contribution < -0.4 is 10.5 Å². The summed E-state index contributed by atoms with van der Waals surface area (Å²) in [5.74, 6) is -1.65. The molecule has 3 nitrogen and oxygen atoms in total. The molecule has 3 N–H and O–H groups in total. The summed E-state index contributed by atoms with van der Waals surface area (Å²) in [4.78, 5) is 0. The minimum absolute atomic E-state index is 0.0991. The highest BCUT2D eigenvalue weighted by Crippen LogP contribution is 2.29. The molecule has 0 fully saturated rings. The largest absolute Gasteiger partial charge is 0.488 e. The minimum Gasteiger partial charge on any atom is -0.488 e. The van der Waals surface area contributed by atoms with Crippen LogP contribution in [0.15, 0.2) is 12.1 Å². The van der Waals surface area contributed by atoms with Crippen LogP contribution in [0.2, 0.25) is 0 Å². The lowest BCUT2D eigenvalue weighted by atomic mass is 10.1. The summed E-state index contributed by atoms with van der Waals surface area (Å²) in [7, 11) is 0. The Bertz CT molecular complexity index is 369. The van der Waals surface area contributed by atoms with Gasteiger partial charge in [-0.3, -0.25) is 0 Å². The Morgan fingerprint density at radius 3 is 2.50 bits per heavy atom. The quantitative estimate of drug-likeness (QED) is 0.830. The average molecular weight is 231 g/mol. The average Bonchev–Trinajstić information content (AvgIpc) is 2.20. The molecular weight excluding hydrogens is 216 g/mol. The van der Waals surface area contributed by atoms with Crippen LogP contribution in [0, 0.1) is 11.6 Å². The first-order chi connectivity index (χ1) is 7.45. The highest BCUT2D eigenvalue weighted by molar-refractivity contribution is 5.38. The van der Waals surface area contributed by atoms with E-state index in [0.717, 1.165) is 12.1 Å². The van der Waals surface area contributed by atoms with E-state index in [1.807, 2.05) is 0 Å². The van der Waals surface area contributed by atoms with Crippen LogP contribution in [0.25, 0.3) is 0 Å². The van der Waals surface area contributed by atoms with Crippen molar-refractivity contribution < 1.29 is 18.6 Å². The number of ether oxygens (including phenoxy) is 1. The number of rotatable bonds is 4. The molecule has 0 bridgehead atoms. The number of aliphatic hydroxyl groups excluding tert-OH is 1. The van der Waals surface area contributed by atoms with Crippen molar-refractivity contribution in [2.75, 3.05) is 6.61 Å². The standard InChI is InChI=1S/C11H15F2NO2/c1-6(2)16-11-8(10(14)5-15)3-7(12)4-9(11)13/h3-4,6,10,15H,5,14H2,1-2H3. The molecule has 0 saturated heterocycles. The second kappa shape index (κ2) is 5.23. The van der Waals surface area contributed by atoms with Gasteiger partial charge in [0.05, 0.1) is 18.8 Å². The van der Waals surface area contributed by atoms with Crippen LogP contribution in [0.5, 0.6) is 5.75 Å². The van der Waals surface area contributed by atoms with Gasteiger partial charge in [-0.25, -0.2) is 8.78 Å². The molecule has 0 heterocycles. The monoisotopic (exact) mass is 231 g/mol. The first-order valence-corrected chi connectivity index (χ1v) is 4.97. The smallest absolute Gasteiger partial charge is 0.168 e. The summed E-state index contributed by atoms with van der Waals surface area (Å²) in [6.45, 7) is 3.03. The molecule has 0 aliphatic heterocycles. The molecule has 1 unspecified atom stereocenters. The lowest BCUT2D eigenvalue weighted by Gasteiger charge is -2.18. The molecule has 0 aliphatic rings. The third kappa shape index (κ3) is 2.90. The van der Waals surface area contributed by atoms with E-state index >= 15 is 0 Å². The van der Waals surface area contributed by atoms with Crippen molar-refractivity contribution in [3.63, 3.8) is 0 Å². The fraction of sp³-hybridized carbons (Fsp3) is 0.455. The van der Waals surface area contributed by atoms with Crippen molar-refractivity contribution in [1.29, 1.82) is 0 Å². The van der Waals surface area contributed by atoms with Crippen LogP contribution in [-0.2, 0) is 0 Å².